The molecule has 2 rings (SSSR count). The minimum atomic E-state index is -0.351. The van der Waals surface area contributed by atoms with Gasteiger partial charge < -0.3 is 11.1 Å². The van der Waals surface area contributed by atoms with E-state index in [0.29, 0.717) is 5.57 Å². The van der Waals surface area contributed by atoms with E-state index in [1.165, 1.54) is 0 Å². The molecule has 1 heterocycles. The van der Waals surface area contributed by atoms with E-state index in [0.717, 1.165) is 37.1 Å². The average molecular weight is 216 g/mol. The molecule has 1 aliphatic heterocycles. The highest BCUT2D eigenvalue weighted by atomic mass is 16.1. The molecule has 3 N–H and O–H groups in total. The zero-order valence-electron chi connectivity index (χ0n) is 9.20. The molecule has 0 aromatic heterocycles. The fourth-order valence-electron chi connectivity index (χ4n) is 2.04. The Morgan fingerprint density at radius 3 is 2.50 bits per heavy atom. The minimum absolute atomic E-state index is 0.351. The predicted octanol–water partition coefficient (Wildman–Crippen LogP) is 1.66. The van der Waals surface area contributed by atoms with Crippen molar-refractivity contribution in [2.24, 2.45) is 5.73 Å². The van der Waals surface area contributed by atoms with Gasteiger partial charge in [0.2, 0.25) is 0 Å². The fraction of sp³-hybridized carbons (Fsp3) is 0.308. The Bertz CT molecular complexity index is 401. The summed E-state index contributed by atoms with van der Waals surface area (Å²) in [7, 11) is 0. The second kappa shape index (κ2) is 4.84. The Balaban J connectivity index is 2.41. The molecule has 0 radical (unpaired) electrons. The van der Waals surface area contributed by atoms with Crippen LogP contribution in [0.15, 0.2) is 36.0 Å². The van der Waals surface area contributed by atoms with E-state index in [4.69, 9.17) is 5.73 Å². The number of primary amides is 1. The van der Waals surface area contributed by atoms with Gasteiger partial charge in [0.05, 0.1) is 5.57 Å². The highest BCUT2D eigenvalue weighted by Crippen LogP contribution is 2.22. The summed E-state index contributed by atoms with van der Waals surface area (Å²) < 4.78 is 0. The predicted molar refractivity (Wildman–Crippen MR) is 64.4 cm³/mol. The van der Waals surface area contributed by atoms with E-state index in [9.17, 15) is 4.79 Å². The third-order valence-corrected chi connectivity index (χ3v) is 2.80. The summed E-state index contributed by atoms with van der Waals surface area (Å²) in [4.78, 5) is 11.5. The molecule has 0 saturated carbocycles. The Hall–Kier alpha value is -1.77. The number of benzene rings is 1. The van der Waals surface area contributed by atoms with E-state index in [2.05, 4.69) is 5.32 Å². The van der Waals surface area contributed by atoms with Gasteiger partial charge in [-0.2, -0.15) is 0 Å². The number of nitrogens with one attached hydrogen (secondary N) is 1. The summed E-state index contributed by atoms with van der Waals surface area (Å²) in [6.07, 6.45) is 3.18. The first-order chi connectivity index (χ1) is 7.79. The third-order valence-electron chi connectivity index (χ3n) is 2.80. The molecule has 1 saturated heterocycles. The van der Waals surface area contributed by atoms with Gasteiger partial charge in [-0.25, -0.2) is 0 Å². The van der Waals surface area contributed by atoms with Crippen molar-refractivity contribution in [3.05, 3.63) is 41.6 Å². The number of hydrogen-bond acceptors (Lipinski definition) is 2. The summed E-state index contributed by atoms with van der Waals surface area (Å²) in [5.74, 6) is -0.351. The summed E-state index contributed by atoms with van der Waals surface area (Å²) >= 11 is 0. The molecule has 1 aliphatic rings. The molecule has 1 aromatic carbocycles. The molecule has 84 valence electrons. The van der Waals surface area contributed by atoms with Gasteiger partial charge in [0.25, 0.3) is 5.91 Å². The molecular weight excluding hydrogens is 200 g/mol. The van der Waals surface area contributed by atoms with Crippen LogP contribution in [0.2, 0.25) is 0 Å². The Kier molecular flexibility index (Phi) is 3.25. The van der Waals surface area contributed by atoms with Crippen molar-refractivity contribution in [3.63, 3.8) is 0 Å². The zero-order chi connectivity index (χ0) is 11.4. The topological polar surface area (TPSA) is 55.1 Å². The lowest BCUT2D eigenvalue weighted by atomic mass is 9.98. The van der Waals surface area contributed by atoms with E-state index >= 15 is 0 Å². The van der Waals surface area contributed by atoms with Crippen molar-refractivity contribution in [1.82, 2.24) is 5.32 Å². The molecule has 1 fully saturated rings. The number of carbonyl (C=O) groups excluding carboxylic acids is 1. The van der Waals surface area contributed by atoms with Crippen LogP contribution in [-0.2, 0) is 4.79 Å². The van der Waals surface area contributed by atoms with Gasteiger partial charge in [-0.1, -0.05) is 30.3 Å². The normalized spacial score (nSPS) is 18.8. The summed E-state index contributed by atoms with van der Waals surface area (Å²) in [5.41, 5.74) is 7.99. The van der Waals surface area contributed by atoms with Crippen LogP contribution >= 0.6 is 0 Å². The molecule has 1 aromatic rings. The van der Waals surface area contributed by atoms with E-state index in [1.54, 1.807) is 0 Å². The van der Waals surface area contributed by atoms with Crippen molar-refractivity contribution in [3.8, 4) is 0 Å². The maximum Gasteiger partial charge on any atom is 0.251 e. The van der Waals surface area contributed by atoms with Gasteiger partial charge in [0.15, 0.2) is 0 Å². The van der Waals surface area contributed by atoms with Crippen LogP contribution in [0.4, 0.5) is 0 Å². The van der Waals surface area contributed by atoms with Crippen molar-refractivity contribution in [2.75, 3.05) is 6.54 Å². The summed E-state index contributed by atoms with van der Waals surface area (Å²) in [6, 6.07) is 9.61. The van der Waals surface area contributed by atoms with Crippen LogP contribution < -0.4 is 11.1 Å². The smallest absolute Gasteiger partial charge is 0.251 e. The first kappa shape index (κ1) is 10.7. The van der Waals surface area contributed by atoms with Crippen molar-refractivity contribution in [1.29, 1.82) is 0 Å². The largest absolute Gasteiger partial charge is 0.388 e. The molecular formula is C13H16N2O. The molecule has 16 heavy (non-hydrogen) atoms. The minimum Gasteiger partial charge on any atom is -0.388 e. The van der Waals surface area contributed by atoms with Crippen molar-refractivity contribution >= 4 is 11.5 Å². The Labute approximate surface area is 95.3 Å². The Morgan fingerprint density at radius 1 is 1.19 bits per heavy atom. The maximum atomic E-state index is 11.5. The fourth-order valence-corrected chi connectivity index (χ4v) is 2.04. The summed E-state index contributed by atoms with van der Waals surface area (Å²) in [5, 5.41) is 3.28. The first-order valence-corrected chi connectivity index (χ1v) is 5.61. The van der Waals surface area contributed by atoms with Gasteiger partial charge in [0.1, 0.15) is 0 Å². The lowest BCUT2D eigenvalue weighted by Crippen LogP contribution is -2.25. The van der Waals surface area contributed by atoms with Gasteiger partial charge in [-0.3, -0.25) is 4.79 Å². The molecule has 0 spiro atoms. The molecule has 0 atom stereocenters. The van der Waals surface area contributed by atoms with Crippen LogP contribution in [0, 0.1) is 0 Å². The molecule has 1 amide bonds. The van der Waals surface area contributed by atoms with Crippen LogP contribution in [0.25, 0.3) is 5.57 Å². The van der Waals surface area contributed by atoms with Crippen LogP contribution in [0.3, 0.4) is 0 Å². The van der Waals surface area contributed by atoms with Gasteiger partial charge >= 0.3 is 0 Å². The average Bonchev–Trinajstić information content (AvgIpc) is 2.31. The van der Waals surface area contributed by atoms with Gasteiger partial charge in [-0.05, 0) is 24.8 Å². The SMILES string of the molecule is NC(=O)C(=C1CCCCN1)c1ccccc1. The number of nitrogens with two attached hydrogens (primary N) is 1. The number of hydrogen-bond donors (Lipinski definition) is 2. The number of rotatable bonds is 2. The van der Waals surface area contributed by atoms with Crippen LogP contribution in [-0.4, -0.2) is 12.5 Å². The molecule has 0 bridgehead atoms. The molecule has 0 unspecified atom stereocenters. The quantitative estimate of drug-likeness (QED) is 0.739. The van der Waals surface area contributed by atoms with E-state index in [1.807, 2.05) is 30.3 Å². The lowest BCUT2D eigenvalue weighted by Gasteiger charge is -2.20. The maximum absolute atomic E-state index is 11.5. The second-order valence-corrected chi connectivity index (χ2v) is 3.97. The first-order valence-electron chi connectivity index (χ1n) is 5.61. The van der Waals surface area contributed by atoms with Gasteiger partial charge in [0, 0.05) is 12.2 Å². The van der Waals surface area contributed by atoms with Gasteiger partial charge in [-0.15, -0.1) is 0 Å². The van der Waals surface area contributed by atoms with Crippen LogP contribution in [0.5, 0.6) is 0 Å². The van der Waals surface area contributed by atoms with E-state index in [-0.39, 0.29) is 5.91 Å². The summed E-state index contributed by atoms with van der Waals surface area (Å²) in [6.45, 7) is 0.930. The lowest BCUT2D eigenvalue weighted by molar-refractivity contribution is -0.112. The zero-order valence-corrected chi connectivity index (χ0v) is 9.20. The molecule has 3 nitrogen and oxygen atoms in total. The third kappa shape index (κ3) is 2.24. The number of allylic oxidation sites excluding steroid dienone is 1. The van der Waals surface area contributed by atoms with Crippen molar-refractivity contribution in [2.45, 2.75) is 19.3 Å². The van der Waals surface area contributed by atoms with Crippen LogP contribution in [0.1, 0.15) is 24.8 Å². The molecule has 0 aliphatic carbocycles. The van der Waals surface area contributed by atoms with Crippen molar-refractivity contribution < 1.29 is 4.79 Å². The highest BCUT2D eigenvalue weighted by Gasteiger charge is 2.16. The highest BCUT2D eigenvalue weighted by molar-refractivity contribution is 6.19. The monoisotopic (exact) mass is 216 g/mol. The van der Waals surface area contributed by atoms with E-state index < -0.39 is 0 Å². The number of piperidine rings is 1. The Morgan fingerprint density at radius 2 is 1.94 bits per heavy atom. The second-order valence-electron chi connectivity index (χ2n) is 3.97. The number of amides is 1. The molecule has 3 heteroatoms. The number of carbonyl (C=O) groups is 1. The standard InChI is InChI=1S/C13H16N2O/c14-13(16)12(10-6-2-1-3-7-10)11-8-4-5-9-15-11/h1-3,6-7,15H,4-5,8-9H2,(H2,14,16).